The third-order valence-corrected chi connectivity index (χ3v) is 2.00. The predicted octanol–water partition coefficient (Wildman–Crippen LogP) is 3.26. The van der Waals surface area contributed by atoms with Gasteiger partial charge in [0, 0.05) is 0 Å². The van der Waals surface area contributed by atoms with Gasteiger partial charge in [0.1, 0.15) is 5.44 Å². The Balaban J connectivity index is 2.58. The molecule has 0 radical (unpaired) electrons. The highest BCUT2D eigenvalue weighted by Crippen LogP contribution is 2.19. The summed E-state index contributed by atoms with van der Waals surface area (Å²) >= 11 is 4.18. The summed E-state index contributed by atoms with van der Waals surface area (Å²) in [6.07, 6.45) is 1.79. The molecule has 0 aliphatic rings. The number of ether oxygens (including phenoxy) is 1. The molecule has 1 nitrogen and oxygen atoms in total. The van der Waals surface area contributed by atoms with Gasteiger partial charge in [0.05, 0.1) is 0 Å². The molecule has 1 rings (SSSR count). The first kappa shape index (κ1) is 10.4. The largest absolute Gasteiger partial charge is 0.477 e. The van der Waals surface area contributed by atoms with E-state index in [0.29, 0.717) is 0 Å². The van der Waals surface area contributed by atoms with Gasteiger partial charge in [0.2, 0.25) is 0 Å². The second kappa shape index (κ2) is 5.12. The number of benzene rings is 1. The molecule has 0 amide bonds. The van der Waals surface area contributed by atoms with Gasteiger partial charge in [0.25, 0.3) is 0 Å². The van der Waals surface area contributed by atoms with Crippen molar-refractivity contribution < 1.29 is 9.13 Å². The normalized spacial score (nSPS) is 12.5. The lowest BCUT2D eigenvalue weighted by molar-refractivity contribution is 0.265. The van der Waals surface area contributed by atoms with Crippen molar-refractivity contribution in [2.75, 3.05) is 0 Å². The molecule has 0 bridgehead atoms. The van der Waals surface area contributed by atoms with Crippen LogP contribution in [0.5, 0.6) is 5.75 Å². The zero-order valence-electron chi connectivity index (χ0n) is 7.53. The molecule has 1 atom stereocenters. The minimum atomic E-state index is -0.336. The van der Waals surface area contributed by atoms with Crippen LogP contribution in [0.1, 0.15) is 19.8 Å². The first-order valence-electron chi connectivity index (χ1n) is 4.33. The van der Waals surface area contributed by atoms with Gasteiger partial charge in [-0.1, -0.05) is 25.5 Å². The molecule has 72 valence electrons. The summed E-state index contributed by atoms with van der Waals surface area (Å²) in [7, 11) is 0. The van der Waals surface area contributed by atoms with Crippen molar-refractivity contribution >= 4 is 12.6 Å². The van der Waals surface area contributed by atoms with Crippen molar-refractivity contribution in [2.45, 2.75) is 25.2 Å². The molecule has 0 aliphatic heterocycles. The summed E-state index contributed by atoms with van der Waals surface area (Å²) in [5.41, 5.74) is -0.220. The van der Waals surface area contributed by atoms with Gasteiger partial charge in [-0.2, -0.15) is 0 Å². The Kier molecular flexibility index (Phi) is 4.09. The molecule has 0 saturated heterocycles. The Bertz CT molecular complexity index is 265. The van der Waals surface area contributed by atoms with Crippen LogP contribution in [0.2, 0.25) is 0 Å². The number of hydrogen-bond acceptors (Lipinski definition) is 2. The van der Waals surface area contributed by atoms with Crippen LogP contribution in [-0.2, 0) is 0 Å². The molecule has 0 aliphatic carbocycles. The van der Waals surface area contributed by atoms with Crippen molar-refractivity contribution in [3.8, 4) is 5.75 Å². The summed E-state index contributed by atoms with van der Waals surface area (Å²) in [6.45, 7) is 2.04. The van der Waals surface area contributed by atoms with Crippen LogP contribution < -0.4 is 4.74 Å². The van der Waals surface area contributed by atoms with Crippen LogP contribution in [0.25, 0.3) is 0 Å². The number of rotatable bonds is 4. The molecule has 0 spiro atoms. The molecule has 1 unspecified atom stereocenters. The summed E-state index contributed by atoms with van der Waals surface area (Å²) in [5, 5.41) is 0. The fourth-order valence-electron chi connectivity index (χ4n) is 0.993. The Morgan fingerprint density at radius 2 is 2.15 bits per heavy atom. The average Bonchev–Trinajstić information content (AvgIpc) is 2.09. The van der Waals surface area contributed by atoms with Gasteiger partial charge in [-0.15, -0.1) is 12.6 Å². The quantitative estimate of drug-likeness (QED) is 0.579. The van der Waals surface area contributed by atoms with Crippen LogP contribution in [0.3, 0.4) is 0 Å². The van der Waals surface area contributed by atoms with Crippen LogP contribution in [-0.4, -0.2) is 5.44 Å². The fraction of sp³-hybridized carbons (Fsp3) is 0.400. The van der Waals surface area contributed by atoms with Gasteiger partial charge in [-0.3, -0.25) is 0 Å². The van der Waals surface area contributed by atoms with Crippen LogP contribution in [0.4, 0.5) is 4.39 Å². The fourth-order valence-corrected chi connectivity index (χ4v) is 1.36. The van der Waals surface area contributed by atoms with Crippen molar-refractivity contribution in [3.63, 3.8) is 0 Å². The highest BCUT2D eigenvalue weighted by molar-refractivity contribution is 7.80. The predicted molar refractivity (Wildman–Crippen MR) is 54.7 cm³/mol. The molecule has 0 N–H and O–H groups in total. The maximum Gasteiger partial charge on any atom is 0.165 e. The second-order valence-corrected chi connectivity index (χ2v) is 3.37. The number of para-hydroxylation sites is 1. The van der Waals surface area contributed by atoms with Gasteiger partial charge in [-0.25, -0.2) is 4.39 Å². The van der Waals surface area contributed by atoms with E-state index in [1.54, 1.807) is 18.2 Å². The summed E-state index contributed by atoms with van der Waals surface area (Å²) in [6, 6.07) is 6.36. The van der Waals surface area contributed by atoms with E-state index in [2.05, 4.69) is 12.6 Å². The molecule has 0 aromatic heterocycles. The van der Waals surface area contributed by atoms with Crippen LogP contribution >= 0.6 is 12.6 Å². The highest BCUT2D eigenvalue weighted by atomic mass is 32.1. The zero-order valence-corrected chi connectivity index (χ0v) is 8.43. The minimum absolute atomic E-state index is 0.220. The number of hydrogen-bond donors (Lipinski definition) is 1. The molecule has 13 heavy (non-hydrogen) atoms. The molecule has 0 fully saturated rings. The van der Waals surface area contributed by atoms with E-state index in [0.717, 1.165) is 12.8 Å². The number of halogens is 1. The SMILES string of the molecule is CCCC(S)Oc1ccccc1F. The number of thiol groups is 1. The third-order valence-electron chi connectivity index (χ3n) is 1.64. The molecule has 0 saturated carbocycles. The maximum absolute atomic E-state index is 13.0. The van der Waals surface area contributed by atoms with E-state index in [1.165, 1.54) is 6.07 Å². The first-order chi connectivity index (χ1) is 6.24. The lowest BCUT2D eigenvalue weighted by atomic mass is 10.3. The van der Waals surface area contributed by atoms with E-state index < -0.39 is 0 Å². The van der Waals surface area contributed by atoms with Crippen molar-refractivity contribution in [2.24, 2.45) is 0 Å². The third kappa shape index (κ3) is 3.27. The summed E-state index contributed by atoms with van der Waals surface area (Å²) in [4.78, 5) is 0. The Hall–Kier alpha value is -0.700. The molecule has 0 heterocycles. The van der Waals surface area contributed by atoms with Crippen molar-refractivity contribution in [1.82, 2.24) is 0 Å². The standard InChI is InChI=1S/C10H13FOS/c1-2-5-10(13)12-9-7-4-3-6-8(9)11/h3-4,6-7,10,13H,2,5H2,1H3. The van der Waals surface area contributed by atoms with Crippen LogP contribution in [0.15, 0.2) is 24.3 Å². The Labute approximate surface area is 83.3 Å². The summed E-state index contributed by atoms with van der Waals surface area (Å²) < 4.78 is 18.3. The van der Waals surface area contributed by atoms with E-state index >= 15 is 0 Å². The Morgan fingerprint density at radius 3 is 2.77 bits per heavy atom. The van der Waals surface area contributed by atoms with E-state index in [-0.39, 0.29) is 17.0 Å². The van der Waals surface area contributed by atoms with E-state index in [4.69, 9.17) is 4.74 Å². The average molecular weight is 200 g/mol. The topological polar surface area (TPSA) is 9.23 Å². The minimum Gasteiger partial charge on any atom is -0.477 e. The first-order valence-corrected chi connectivity index (χ1v) is 4.85. The molecule has 1 aromatic rings. The Morgan fingerprint density at radius 1 is 1.46 bits per heavy atom. The lowest BCUT2D eigenvalue weighted by Crippen LogP contribution is -2.08. The van der Waals surface area contributed by atoms with Gasteiger partial charge in [-0.05, 0) is 18.6 Å². The highest BCUT2D eigenvalue weighted by Gasteiger charge is 2.06. The molecular weight excluding hydrogens is 187 g/mol. The molecule has 3 heteroatoms. The molecular formula is C10H13FOS. The lowest BCUT2D eigenvalue weighted by Gasteiger charge is -2.12. The summed E-state index contributed by atoms with van der Waals surface area (Å²) in [5.74, 6) is -0.0615. The van der Waals surface area contributed by atoms with Gasteiger partial charge in [0.15, 0.2) is 11.6 Å². The maximum atomic E-state index is 13.0. The van der Waals surface area contributed by atoms with E-state index in [1.807, 2.05) is 6.92 Å². The van der Waals surface area contributed by atoms with Gasteiger partial charge >= 0.3 is 0 Å². The van der Waals surface area contributed by atoms with Crippen molar-refractivity contribution in [3.05, 3.63) is 30.1 Å². The van der Waals surface area contributed by atoms with E-state index in [9.17, 15) is 4.39 Å². The zero-order chi connectivity index (χ0) is 9.68. The van der Waals surface area contributed by atoms with Gasteiger partial charge < -0.3 is 4.74 Å². The second-order valence-electron chi connectivity index (χ2n) is 2.79. The monoisotopic (exact) mass is 200 g/mol. The smallest absolute Gasteiger partial charge is 0.165 e. The molecule has 1 aromatic carbocycles. The van der Waals surface area contributed by atoms with Crippen LogP contribution in [0, 0.1) is 5.82 Å². The van der Waals surface area contributed by atoms with Crippen molar-refractivity contribution in [1.29, 1.82) is 0 Å².